The average molecular weight is 232 g/mol. The van der Waals surface area contributed by atoms with Gasteiger partial charge in [0.2, 0.25) is 5.69 Å². The molecule has 0 aliphatic carbocycles. The third kappa shape index (κ3) is 2.10. The van der Waals surface area contributed by atoms with Crippen LogP contribution in [0.5, 0.6) is 0 Å². The van der Waals surface area contributed by atoms with Gasteiger partial charge in [0, 0.05) is 32.3 Å². The molecule has 0 N–H and O–H groups in total. The molecule has 0 saturated heterocycles. The first-order chi connectivity index (χ1) is 10.4. The van der Waals surface area contributed by atoms with E-state index in [2.05, 4.69) is 0 Å². The average Bonchev–Trinajstić information content (AvgIpc) is 2.39. The highest BCUT2D eigenvalue weighted by Gasteiger charge is 2.17. The van der Waals surface area contributed by atoms with E-state index in [0.717, 1.165) is 16.8 Å². The first-order valence-corrected chi connectivity index (χ1v) is 5.54. The molecule has 0 aliphatic heterocycles. The van der Waals surface area contributed by atoms with Gasteiger partial charge in [0.15, 0.2) is 5.69 Å². The molecule has 1 heterocycles. The Labute approximate surface area is 112 Å². The van der Waals surface area contributed by atoms with Gasteiger partial charge in [0.1, 0.15) is 7.05 Å². The Morgan fingerprint density at radius 2 is 1.82 bits per heavy atom. The number of aryl methyl sites for hydroxylation is 4. The van der Waals surface area contributed by atoms with Crippen LogP contribution in [-0.2, 0) is 7.05 Å². The van der Waals surface area contributed by atoms with Gasteiger partial charge in [-0.25, -0.2) is 0 Å². The van der Waals surface area contributed by atoms with Crippen molar-refractivity contribution in [2.24, 2.45) is 7.05 Å². The van der Waals surface area contributed by atoms with E-state index in [9.17, 15) is 0 Å². The molecule has 0 spiro atoms. The summed E-state index contributed by atoms with van der Waals surface area (Å²) < 4.78 is 47.7. The molecule has 0 atom stereocenters. The van der Waals surface area contributed by atoms with Crippen LogP contribution in [0.15, 0.2) is 30.3 Å². The second-order valence-electron chi connectivity index (χ2n) is 4.33. The van der Waals surface area contributed by atoms with Gasteiger partial charge in [-0.05, 0) is 38.3 Å². The van der Waals surface area contributed by atoms with E-state index in [1.807, 2.05) is 18.5 Å². The molecule has 88 valence electrons. The molecular formula is C16H20N+. The van der Waals surface area contributed by atoms with Crippen molar-refractivity contribution in [1.82, 2.24) is 0 Å². The van der Waals surface area contributed by atoms with Crippen molar-refractivity contribution in [3.63, 3.8) is 0 Å². The molecule has 2 rings (SSSR count). The number of aromatic nitrogens is 1. The number of hydrogen-bond acceptors (Lipinski definition) is 0. The van der Waals surface area contributed by atoms with Gasteiger partial charge in [-0.15, -0.1) is 0 Å². The first-order valence-electron chi connectivity index (χ1n) is 8.54. The normalized spacial score (nSPS) is 17.4. The first kappa shape index (κ1) is 6.34. The minimum absolute atomic E-state index is 0.254. The largest absolute Gasteiger partial charge is 0.215 e. The van der Waals surface area contributed by atoms with Crippen molar-refractivity contribution >= 4 is 0 Å². The fraction of sp³-hybridized carbons (Fsp3) is 0.312. The summed E-state index contributed by atoms with van der Waals surface area (Å²) in [4.78, 5) is 0. The minimum atomic E-state index is -2.24. The van der Waals surface area contributed by atoms with Gasteiger partial charge in [-0.3, -0.25) is 0 Å². The highest BCUT2D eigenvalue weighted by atomic mass is 14.9. The molecule has 1 heteroatoms. The quantitative estimate of drug-likeness (QED) is 0.663. The van der Waals surface area contributed by atoms with Crippen LogP contribution in [0.2, 0.25) is 0 Å². The Hall–Kier alpha value is -1.63. The number of nitrogens with zero attached hydrogens (tertiary/aromatic N) is 1. The van der Waals surface area contributed by atoms with Crippen LogP contribution in [-0.4, -0.2) is 0 Å². The number of rotatable bonds is 1. The van der Waals surface area contributed by atoms with Crippen LogP contribution in [0.4, 0.5) is 0 Å². The van der Waals surface area contributed by atoms with Crippen molar-refractivity contribution in [3.05, 3.63) is 52.7 Å². The van der Waals surface area contributed by atoms with Crippen molar-refractivity contribution in [2.75, 3.05) is 0 Å². The predicted octanol–water partition coefficient (Wildman–Crippen LogP) is 3.41. The summed E-state index contributed by atoms with van der Waals surface area (Å²) >= 11 is 0. The molecule has 1 aromatic heterocycles. The molecule has 0 bridgehead atoms. The molecule has 0 saturated carbocycles. The molecule has 0 unspecified atom stereocenters. The number of benzene rings is 1. The molecule has 0 aliphatic rings. The second-order valence-corrected chi connectivity index (χ2v) is 4.33. The lowest BCUT2D eigenvalue weighted by molar-refractivity contribution is -0.667. The van der Waals surface area contributed by atoms with Gasteiger partial charge in [-0.2, -0.15) is 4.57 Å². The van der Waals surface area contributed by atoms with Gasteiger partial charge in [0.25, 0.3) is 0 Å². The van der Waals surface area contributed by atoms with E-state index in [0.29, 0.717) is 5.69 Å². The van der Waals surface area contributed by atoms with E-state index >= 15 is 0 Å². The van der Waals surface area contributed by atoms with E-state index < -0.39 is 13.7 Å². The lowest BCUT2D eigenvalue weighted by atomic mass is 9.99. The summed E-state index contributed by atoms with van der Waals surface area (Å²) in [7, 11) is 1.82. The van der Waals surface area contributed by atoms with Crippen molar-refractivity contribution in [2.45, 2.75) is 27.6 Å². The van der Waals surface area contributed by atoms with Gasteiger partial charge >= 0.3 is 0 Å². The Bertz CT molecular complexity index is 743. The maximum atomic E-state index is 7.77. The summed E-state index contributed by atoms with van der Waals surface area (Å²) in [5.41, 5.74) is 3.51. The third-order valence-corrected chi connectivity index (χ3v) is 3.09. The van der Waals surface area contributed by atoms with Gasteiger partial charge in [-0.1, -0.05) is 17.7 Å². The maximum Gasteiger partial charge on any atom is 0.215 e. The topological polar surface area (TPSA) is 3.88 Å². The smallest absolute Gasteiger partial charge is 0.198 e. The molecule has 0 radical (unpaired) electrons. The fourth-order valence-corrected chi connectivity index (χ4v) is 2.01. The third-order valence-electron chi connectivity index (χ3n) is 3.09. The van der Waals surface area contributed by atoms with Crippen LogP contribution in [0, 0.1) is 27.6 Å². The predicted molar refractivity (Wildman–Crippen MR) is 72.0 cm³/mol. The van der Waals surface area contributed by atoms with E-state index in [1.54, 1.807) is 37.3 Å². The zero-order chi connectivity index (χ0) is 17.6. The van der Waals surface area contributed by atoms with Gasteiger partial charge in [0.05, 0.1) is 0 Å². The lowest BCUT2D eigenvalue weighted by Crippen LogP contribution is -2.35. The zero-order valence-corrected chi connectivity index (χ0v) is 10.3. The Kier molecular flexibility index (Phi) is 1.61. The van der Waals surface area contributed by atoms with Crippen molar-refractivity contribution in [3.8, 4) is 11.3 Å². The lowest BCUT2D eigenvalue weighted by Gasteiger charge is -2.09. The molecule has 1 nitrogen and oxygen atoms in total. The van der Waals surface area contributed by atoms with Crippen LogP contribution in [0.3, 0.4) is 0 Å². The van der Waals surface area contributed by atoms with Crippen molar-refractivity contribution < 1.29 is 12.8 Å². The number of pyridine rings is 1. The highest BCUT2D eigenvalue weighted by Crippen LogP contribution is 2.24. The Morgan fingerprint density at radius 3 is 2.47 bits per heavy atom. The summed E-state index contributed by atoms with van der Waals surface area (Å²) in [6.07, 6.45) is 0. The van der Waals surface area contributed by atoms with Crippen LogP contribution >= 0.6 is 0 Å². The fourth-order valence-electron chi connectivity index (χ4n) is 2.01. The minimum Gasteiger partial charge on any atom is -0.198 e. The number of hydrogen-bond donors (Lipinski definition) is 0. The highest BCUT2D eigenvalue weighted by molar-refractivity contribution is 5.64. The molecule has 17 heavy (non-hydrogen) atoms. The molecule has 0 fully saturated rings. The zero-order valence-electron chi connectivity index (χ0n) is 16.3. The SMILES string of the molecule is [2H]C([2H])([2H])c1ccc(-c2c(C([2H])([2H])[2H])ccc(C)[n+]2C)c(C)c1. The second kappa shape index (κ2) is 4.33. The molecule has 2 aromatic rings. The van der Waals surface area contributed by atoms with E-state index in [4.69, 9.17) is 8.22 Å². The summed E-state index contributed by atoms with van der Waals surface area (Å²) in [5, 5.41) is 0. The summed E-state index contributed by atoms with van der Waals surface area (Å²) in [6, 6.07) is 8.24. The van der Waals surface area contributed by atoms with Gasteiger partial charge < -0.3 is 0 Å². The Balaban J connectivity index is 2.74. The maximum absolute atomic E-state index is 7.77. The van der Waals surface area contributed by atoms with E-state index in [-0.39, 0.29) is 11.1 Å². The van der Waals surface area contributed by atoms with Crippen molar-refractivity contribution in [1.29, 1.82) is 0 Å². The molecule has 1 aromatic carbocycles. The van der Waals surface area contributed by atoms with Crippen LogP contribution < -0.4 is 4.57 Å². The molecular weight excluding hydrogens is 206 g/mol. The Morgan fingerprint density at radius 1 is 1.00 bits per heavy atom. The summed E-state index contributed by atoms with van der Waals surface area (Å²) in [5.74, 6) is 0. The molecule has 0 amide bonds. The monoisotopic (exact) mass is 232 g/mol. The van der Waals surface area contributed by atoms with Crippen LogP contribution in [0.25, 0.3) is 11.3 Å². The van der Waals surface area contributed by atoms with Crippen LogP contribution in [0.1, 0.15) is 30.6 Å². The standard InChI is InChI=1S/C16H20N/c1-11-6-9-15(13(3)10-11)16-12(2)7-8-14(4)17(16)5/h6-10H,1-5H3/q+1/i1D3,2D3. The van der Waals surface area contributed by atoms with E-state index in [1.165, 1.54) is 0 Å². The summed E-state index contributed by atoms with van der Waals surface area (Å²) in [6.45, 7) is -0.712.